The Morgan fingerprint density at radius 1 is 1.14 bits per heavy atom. The number of ether oxygens (including phenoxy) is 1. The van der Waals surface area contributed by atoms with Gasteiger partial charge in [-0.2, -0.15) is 0 Å². The number of para-hydroxylation sites is 2. The minimum atomic E-state index is -2.74. The summed E-state index contributed by atoms with van der Waals surface area (Å²) in [5.41, 5.74) is 2.06. The van der Waals surface area contributed by atoms with E-state index in [2.05, 4.69) is 31.5 Å². The van der Waals surface area contributed by atoms with Crippen LogP contribution in [0.1, 0.15) is 22.2 Å². The molecule has 0 saturated heterocycles. The molecule has 3 amide bonds. The predicted octanol–water partition coefficient (Wildman–Crippen LogP) is 4.64. The van der Waals surface area contributed by atoms with E-state index in [-0.39, 0.29) is 43.6 Å². The highest BCUT2D eigenvalue weighted by Crippen LogP contribution is 2.37. The molecule has 9 nitrogen and oxygen atoms in total. The number of methoxy groups -OCH3 is 1. The number of aromatic nitrogens is 1. The van der Waals surface area contributed by atoms with Gasteiger partial charge in [0.15, 0.2) is 0 Å². The highest BCUT2D eigenvalue weighted by Gasteiger charge is 2.37. The van der Waals surface area contributed by atoms with Gasteiger partial charge in [0.25, 0.3) is 5.91 Å². The van der Waals surface area contributed by atoms with Crippen molar-refractivity contribution in [3.8, 4) is 5.75 Å². The van der Waals surface area contributed by atoms with Gasteiger partial charge in [-0.3, -0.25) is 19.4 Å². The van der Waals surface area contributed by atoms with Crippen molar-refractivity contribution in [2.24, 2.45) is 0 Å². The normalized spacial score (nSPS) is 16.6. The number of anilines is 2. The average Bonchev–Trinajstić information content (AvgIpc) is 3.12. The van der Waals surface area contributed by atoms with Crippen molar-refractivity contribution >= 4 is 68.2 Å². The molecule has 43 heavy (non-hydrogen) atoms. The number of nitrogens with one attached hydrogen (secondary N) is 2. The van der Waals surface area contributed by atoms with Crippen molar-refractivity contribution in [1.82, 2.24) is 15.6 Å². The lowest BCUT2D eigenvalue weighted by atomic mass is 10.0. The van der Waals surface area contributed by atoms with Gasteiger partial charge >= 0.3 is 0 Å². The summed E-state index contributed by atoms with van der Waals surface area (Å²) in [6, 6.07) is 17.7. The first-order valence-electron chi connectivity index (χ1n) is 14.9. The Labute approximate surface area is 269 Å². The van der Waals surface area contributed by atoms with Gasteiger partial charge in [0.05, 0.1) is 48.1 Å². The number of rotatable bonds is 8. The summed E-state index contributed by atoms with van der Waals surface area (Å²) in [5, 5.41) is 7.19. The van der Waals surface area contributed by atoms with E-state index in [0.29, 0.717) is 27.9 Å². The van der Waals surface area contributed by atoms with Crippen molar-refractivity contribution in [3.05, 3.63) is 94.7 Å². The number of halogens is 2. The van der Waals surface area contributed by atoms with E-state index in [1.165, 1.54) is 9.80 Å². The quantitative estimate of drug-likeness (QED) is 0.284. The zero-order chi connectivity index (χ0) is 32.3. The minimum absolute atomic E-state index is 0. The third kappa shape index (κ3) is 6.82. The molecule has 0 aliphatic carbocycles. The van der Waals surface area contributed by atoms with Crippen LogP contribution in [0.4, 0.5) is 11.4 Å². The highest BCUT2D eigenvalue weighted by molar-refractivity contribution is 9.10. The van der Waals surface area contributed by atoms with E-state index in [9.17, 15) is 14.4 Å². The van der Waals surface area contributed by atoms with Crippen molar-refractivity contribution in [2.75, 3.05) is 30.4 Å². The van der Waals surface area contributed by atoms with Gasteiger partial charge in [-0.15, -0.1) is 12.4 Å². The minimum Gasteiger partial charge on any atom is -0.496 e. The molecule has 5 rings (SSSR count). The second-order valence-electron chi connectivity index (χ2n) is 10.0. The predicted molar refractivity (Wildman–Crippen MR) is 174 cm³/mol. The van der Waals surface area contributed by atoms with Gasteiger partial charge in [-0.05, 0) is 66.7 Å². The van der Waals surface area contributed by atoms with Crippen molar-refractivity contribution in [3.63, 3.8) is 0 Å². The second-order valence-corrected chi connectivity index (χ2v) is 11.0. The zero-order valence-corrected chi connectivity index (χ0v) is 25.9. The zero-order valence-electron chi connectivity index (χ0n) is 26.5. The van der Waals surface area contributed by atoms with Gasteiger partial charge < -0.3 is 25.2 Å². The van der Waals surface area contributed by atoms with Crippen LogP contribution in [0.2, 0.25) is 0 Å². The highest BCUT2D eigenvalue weighted by atomic mass is 79.9. The Balaban J connectivity index is 0.00000480. The van der Waals surface area contributed by atoms with Crippen LogP contribution in [-0.4, -0.2) is 55.4 Å². The Kier molecular flexibility index (Phi) is 9.05. The van der Waals surface area contributed by atoms with E-state index in [4.69, 9.17) is 8.85 Å². The number of carbonyl (C=O) groups excluding carboxylic acids is 3. The maximum absolute atomic E-state index is 14.5. The first-order chi connectivity index (χ1) is 21.4. The molecule has 1 unspecified atom stereocenters. The third-order valence-corrected chi connectivity index (χ3v) is 7.88. The Hall–Kier alpha value is -3.99. The maximum atomic E-state index is 14.5. The number of likely N-dealkylation sites (N-methyl/N-ethyl adjacent to an activating group) is 1. The Morgan fingerprint density at radius 2 is 1.93 bits per heavy atom. The van der Waals surface area contributed by atoms with Gasteiger partial charge in [0.1, 0.15) is 11.8 Å². The number of fused-ring (bicyclic) bond motifs is 2. The maximum Gasteiger partial charge on any atom is 0.251 e. The molecule has 0 spiro atoms. The van der Waals surface area contributed by atoms with Crippen LogP contribution >= 0.6 is 28.3 Å². The molecule has 224 valence electrons. The molecule has 1 aromatic heterocycles. The molecule has 11 heteroatoms. The molecule has 2 heterocycles. The lowest BCUT2D eigenvalue weighted by molar-refractivity contribution is -0.128. The van der Waals surface area contributed by atoms with E-state index < -0.39 is 30.9 Å². The summed E-state index contributed by atoms with van der Waals surface area (Å²) in [6.07, 6.45) is 3.26. The Morgan fingerprint density at radius 3 is 2.65 bits per heavy atom. The molecule has 0 bridgehead atoms. The standard InChI is InChI=1S/C32H32BrN5O4.ClH/c1-20(34-2)31(40)36-26-19-37(30(39)15-21-7-6-14-35-17-21)27-8-4-5-9-28(27)38(32(26)41)18-25-24-12-11-23(33)16-22(24)10-13-29(25)42-3;/h4-14,16-17,20,26,34H,15,18-19H2,1-3H3,(H,36,40);1H/t20?,26-;/m0./s1/i3D3;. The molecule has 0 saturated carbocycles. The number of pyridine rings is 1. The molecule has 1 aliphatic rings. The molecule has 1 aliphatic heterocycles. The molecule has 3 aromatic carbocycles. The van der Waals surface area contributed by atoms with E-state index in [1.54, 1.807) is 74.9 Å². The lowest BCUT2D eigenvalue weighted by Gasteiger charge is -2.27. The van der Waals surface area contributed by atoms with Crippen molar-refractivity contribution < 1.29 is 23.2 Å². The number of hydrogen-bond acceptors (Lipinski definition) is 6. The average molecular weight is 670 g/mol. The second kappa shape index (κ2) is 14.0. The summed E-state index contributed by atoms with van der Waals surface area (Å²) in [5.74, 6) is -1.08. The van der Waals surface area contributed by atoms with Crippen LogP contribution in [0, 0.1) is 0 Å². The van der Waals surface area contributed by atoms with Crippen LogP contribution in [-0.2, 0) is 27.3 Å². The van der Waals surface area contributed by atoms with E-state index in [1.807, 2.05) is 18.2 Å². The summed E-state index contributed by atoms with van der Waals surface area (Å²) >= 11 is 3.48. The van der Waals surface area contributed by atoms with E-state index in [0.717, 1.165) is 9.86 Å². The topological polar surface area (TPSA) is 104 Å². The van der Waals surface area contributed by atoms with Crippen LogP contribution < -0.4 is 25.2 Å². The number of carbonyl (C=O) groups is 3. The van der Waals surface area contributed by atoms with Gasteiger partial charge in [-0.1, -0.05) is 46.3 Å². The molecular weight excluding hydrogens is 634 g/mol. The monoisotopic (exact) mass is 668 g/mol. The fourth-order valence-electron chi connectivity index (χ4n) is 5.06. The SMILES string of the molecule is Cl.[2H]C([2H])([2H])Oc1ccc2cc(Br)ccc2c1CN1C(=O)[C@@H](NC(=O)C(C)NC)CN(C(=O)Cc2cccnc2)c2ccccc21. The molecular formula is C32H33BrClN5O4. The molecule has 2 N–H and O–H groups in total. The van der Waals surface area contributed by atoms with Gasteiger partial charge in [0, 0.05) is 22.4 Å². The summed E-state index contributed by atoms with van der Waals surface area (Å²) < 4.78 is 29.6. The summed E-state index contributed by atoms with van der Waals surface area (Å²) in [4.78, 5) is 48.5. The first-order valence-corrected chi connectivity index (χ1v) is 14.2. The van der Waals surface area contributed by atoms with E-state index >= 15 is 0 Å². The number of nitrogens with zero attached hydrogens (tertiary/aromatic N) is 3. The first kappa shape index (κ1) is 27.8. The molecule has 4 aromatic rings. The van der Waals surface area contributed by atoms with Crippen molar-refractivity contribution in [2.45, 2.75) is 32.0 Å². The smallest absolute Gasteiger partial charge is 0.251 e. The summed E-state index contributed by atoms with van der Waals surface area (Å²) in [7, 11) is -1.11. The van der Waals surface area contributed by atoms with Crippen LogP contribution in [0.5, 0.6) is 5.75 Å². The van der Waals surface area contributed by atoms with Gasteiger partial charge in [-0.25, -0.2) is 0 Å². The number of benzene rings is 3. The summed E-state index contributed by atoms with van der Waals surface area (Å²) in [6.45, 7) is 1.45. The van der Waals surface area contributed by atoms with Crippen LogP contribution in [0.3, 0.4) is 0 Å². The third-order valence-electron chi connectivity index (χ3n) is 7.39. The van der Waals surface area contributed by atoms with Crippen LogP contribution in [0.15, 0.2) is 83.6 Å². The largest absolute Gasteiger partial charge is 0.496 e. The fourth-order valence-corrected chi connectivity index (χ4v) is 5.43. The molecule has 0 fully saturated rings. The Bertz CT molecular complexity index is 1740. The molecule has 0 radical (unpaired) electrons. The molecule has 2 atom stereocenters. The lowest BCUT2D eigenvalue weighted by Crippen LogP contribution is -2.55. The van der Waals surface area contributed by atoms with Crippen molar-refractivity contribution in [1.29, 1.82) is 0 Å². The fraction of sp³-hybridized carbons (Fsp3) is 0.250. The van der Waals surface area contributed by atoms with Crippen LogP contribution in [0.25, 0.3) is 10.8 Å². The number of amides is 3. The van der Waals surface area contributed by atoms with Gasteiger partial charge in [0.2, 0.25) is 11.8 Å². The number of hydrogen-bond donors (Lipinski definition) is 2.